The van der Waals surface area contributed by atoms with Crippen LogP contribution in [-0.2, 0) is 21.2 Å². The molecule has 2 heterocycles. The smallest absolute Gasteiger partial charge is 0.243 e. The van der Waals surface area contributed by atoms with E-state index in [4.69, 9.17) is 4.74 Å². The van der Waals surface area contributed by atoms with Gasteiger partial charge in [0.05, 0.1) is 18.1 Å². The van der Waals surface area contributed by atoms with Gasteiger partial charge in [0.1, 0.15) is 0 Å². The second-order valence-electron chi connectivity index (χ2n) is 5.53. The van der Waals surface area contributed by atoms with Crippen molar-refractivity contribution in [2.24, 2.45) is 5.92 Å². The molecular formula is C14H20N2O3S. The first-order valence-corrected chi connectivity index (χ1v) is 8.46. The number of fused-ring (bicyclic) bond motifs is 1. The van der Waals surface area contributed by atoms with E-state index in [0.29, 0.717) is 37.1 Å². The van der Waals surface area contributed by atoms with E-state index < -0.39 is 10.0 Å². The number of benzene rings is 1. The van der Waals surface area contributed by atoms with Crippen LogP contribution in [0.2, 0.25) is 0 Å². The number of nitrogens with one attached hydrogen (secondary N) is 1. The van der Waals surface area contributed by atoms with Crippen LogP contribution in [0.5, 0.6) is 0 Å². The molecule has 1 N–H and O–H groups in total. The Morgan fingerprint density at radius 3 is 2.80 bits per heavy atom. The van der Waals surface area contributed by atoms with Gasteiger partial charge in [-0.1, -0.05) is 6.92 Å². The van der Waals surface area contributed by atoms with Crippen molar-refractivity contribution in [3.8, 4) is 0 Å². The fraction of sp³-hybridized carbons (Fsp3) is 0.571. The van der Waals surface area contributed by atoms with Crippen molar-refractivity contribution in [1.82, 2.24) is 4.31 Å². The lowest BCUT2D eigenvalue weighted by Crippen LogP contribution is -2.40. The predicted octanol–water partition coefficient (Wildman–Crippen LogP) is 1.31. The Morgan fingerprint density at radius 1 is 1.30 bits per heavy atom. The number of nitrogens with zero attached hydrogens (tertiary/aromatic N) is 1. The summed E-state index contributed by atoms with van der Waals surface area (Å²) in [4.78, 5) is 0.397. The summed E-state index contributed by atoms with van der Waals surface area (Å²) < 4.78 is 31.9. The van der Waals surface area contributed by atoms with Crippen LogP contribution in [0.15, 0.2) is 23.1 Å². The summed E-state index contributed by atoms with van der Waals surface area (Å²) in [5.74, 6) is 0.531. The topological polar surface area (TPSA) is 58.6 Å². The minimum Gasteiger partial charge on any atom is -0.385 e. The summed E-state index contributed by atoms with van der Waals surface area (Å²) in [6, 6.07) is 5.41. The second-order valence-corrected chi connectivity index (χ2v) is 7.46. The fourth-order valence-electron chi connectivity index (χ4n) is 2.74. The van der Waals surface area contributed by atoms with Crippen molar-refractivity contribution in [3.05, 3.63) is 23.8 Å². The number of sulfonamides is 1. The Hall–Kier alpha value is -1.11. The van der Waals surface area contributed by atoms with Crippen LogP contribution in [0.4, 0.5) is 5.69 Å². The zero-order valence-electron chi connectivity index (χ0n) is 11.6. The maximum atomic E-state index is 12.6. The molecule has 1 aromatic carbocycles. The number of hydrogen-bond donors (Lipinski definition) is 1. The first-order valence-electron chi connectivity index (χ1n) is 7.02. The largest absolute Gasteiger partial charge is 0.385 e. The predicted molar refractivity (Wildman–Crippen MR) is 77.4 cm³/mol. The van der Waals surface area contributed by atoms with Gasteiger partial charge < -0.3 is 10.1 Å². The number of ether oxygens (including phenoxy) is 1. The van der Waals surface area contributed by atoms with Gasteiger partial charge in [-0.3, -0.25) is 0 Å². The highest BCUT2D eigenvalue weighted by molar-refractivity contribution is 7.89. The number of hydrogen-bond acceptors (Lipinski definition) is 4. The molecule has 0 aliphatic carbocycles. The van der Waals surface area contributed by atoms with Crippen LogP contribution in [-0.4, -0.2) is 45.6 Å². The Labute approximate surface area is 120 Å². The standard InChI is InChI=1S/C14H20N2O3S/c1-11-8-12-9-13(2-3-14(12)15-10-11)20(17,18)16-4-6-19-7-5-16/h2-3,9,11,15H,4-8,10H2,1H3. The van der Waals surface area contributed by atoms with E-state index in [1.165, 1.54) is 4.31 Å². The molecule has 0 saturated carbocycles. The van der Waals surface area contributed by atoms with Gasteiger partial charge in [0.15, 0.2) is 0 Å². The van der Waals surface area contributed by atoms with E-state index in [0.717, 1.165) is 24.2 Å². The summed E-state index contributed by atoms with van der Waals surface area (Å²) in [7, 11) is -3.39. The lowest BCUT2D eigenvalue weighted by Gasteiger charge is -2.27. The minimum absolute atomic E-state index is 0.397. The fourth-order valence-corrected chi connectivity index (χ4v) is 4.20. The van der Waals surface area contributed by atoms with Crippen LogP contribution in [0, 0.1) is 5.92 Å². The molecule has 1 unspecified atom stereocenters. The number of rotatable bonds is 2. The molecule has 0 bridgehead atoms. The third-order valence-electron chi connectivity index (χ3n) is 3.89. The van der Waals surface area contributed by atoms with Gasteiger partial charge in [0.2, 0.25) is 10.0 Å². The monoisotopic (exact) mass is 296 g/mol. The van der Waals surface area contributed by atoms with E-state index in [9.17, 15) is 8.42 Å². The van der Waals surface area contributed by atoms with Crippen molar-refractivity contribution < 1.29 is 13.2 Å². The molecule has 2 aliphatic rings. The quantitative estimate of drug-likeness (QED) is 0.894. The summed E-state index contributed by atoms with van der Waals surface area (Å²) >= 11 is 0. The third-order valence-corrected chi connectivity index (χ3v) is 5.79. The van der Waals surface area contributed by atoms with Gasteiger partial charge in [-0.25, -0.2) is 8.42 Å². The van der Waals surface area contributed by atoms with Gasteiger partial charge >= 0.3 is 0 Å². The summed E-state index contributed by atoms with van der Waals surface area (Å²) in [5.41, 5.74) is 2.15. The molecule has 1 fully saturated rings. The van der Waals surface area contributed by atoms with Gasteiger partial charge in [-0.05, 0) is 36.1 Å². The average molecular weight is 296 g/mol. The highest BCUT2D eigenvalue weighted by Crippen LogP contribution is 2.28. The molecule has 1 saturated heterocycles. The molecule has 110 valence electrons. The van der Waals surface area contributed by atoms with E-state index in [2.05, 4.69) is 12.2 Å². The van der Waals surface area contributed by atoms with Crippen LogP contribution < -0.4 is 5.32 Å². The van der Waals surface area contributed by atoms with Crippen LogP contribution in [0.25, 0.3) is 0 Å². The summed E-state index contributed by atoms with van der Waals surface area (Å²) in [6.45, 7) is 4.94. The van der Waals surface area contributed by atoms with Crippen molar-refractivity contribution >= 4 is 15.7 Å². The second kappa shape index (κ2) is 5.35. The number of anilines is 1. The molecule has 3 rings (SSSR count). The lowest BCUT2D eigenvalue weighted by molar-refractivity contribution is 0.0730. The molecule has 0 radical (unpaired) electrons. The maximum Gasteiger partial charge on any atom is 0.243 e. The molecule has 1 atom stereocenters. The van der Waals surface area contributed by atoms with E-state index in [1.54, 1.807) is 6.07 Å². The molecule has 1 aromatic rings. The van der Waals surface area contributed by atoms with Gasteiger partial charge in [0.25, 0.3) is 0 Å². The Bertz CT molecular complexity index is 594. The van der Waals surface area contributed by atoms with Crippen LogP contribution in [0.3, 0.4) is 0 Å². The van der Waals surface area contributed by atoms with Gasteiger partial charge in [-0.15, -0.1) is 0 Å². The molecule has 2 aliphatic heterocycles. The summed E-state index contributed by atoms with van der Waals surface area (Å²) in [5, 5.41) is 3.34. The van der Waals surface area contributed by atoms with Crippen molar-refractivity contribution in [2.75, 3.05) is 38.2 Å². The highest BCUT2D eigenvalue weighted by Gasteiger charge is 2.27. The maximum absolute atomic E-state index is 12.6. The van der Waals surface area contributed by atoms with Crippen LogP contribution in [0.1, 0.15) is 12.5 Å². The molecule has 20 heavy (non-hydrogen) atoms. The number of morpholine rings is 1. The lowest BCUT2D eigenvalue weighted by atomic mass is 9.96. The Balaban J connectivity index is 1.91. The van der Waals surface area contributed by atoms with E-state index in [1.807, 2.05) is 12.1 Å². The minimum atomic E-state index is -3.39. The first-order chi connectivity index (χ1) is 9.57. The molecular weight excluding hydrogens is 276 g/mol. The zero-order valence-corrected chi connectivity index (χ0v) is 12.4. The Kier molecular flexibility index (Phi) is 3.70. The highest BCUT2D eigenvalue weighted by atomic mass is 32.2. The molecule has 0 aromatic heterocycles. The normalized spacial score (nSPS) is 23.9. The summed E-state index contributed by atoms with van der Waals surface area (Å²) in [6.07, 6.45) is 0.925. The van der Waals surface area contributed by atoms with E-state index in [-0.39, 0.29) is 0 Å². The average Bonchev–Trinajstić information content (AvgIpc) is 2.47. The molecule has 0 spiro atoms. The van der Waals surface area contributed by atoms with Crippen LogP contribution >= 0.6 is 0 Å². The molecule has 0 amide bonds. The van der Waals surface area contributed by atoms with E-state index >= 15 is 0 Å². The third kappa shape index (κ3) is 2.55. The van der Waals surface area contributed by atoms with Gasteiger partial charge in [-0.2, -0.15) is 4.31 Å². The Morgan fingerprint density at radius 2 is 2.05 bits per heavy atom. The van der Waals surface area contributed by atoms with Gasteiger partial charge in [0, 0.05) is 25.3 Å². The SMILES string of the molecule is CC1CNc2ccc(S(=O)(=O)N3CCOCC3)cc2C1. The first kappa shape index (κ1) is 13.9. The molecule has 6 heteroatoms. The molecule has 5 nitrogen and oxygen atoms in total. The van der Waals surface area contributed by atoms with Crippen molar-refractivity contribution in [3.63, 3.8) is 0 Å². The van der Waals surface area contributed by atoms with Crippen molar-refractivity contribution in [2.45, 2.75) is 18.2 Å². The zero-order chi connectivity index (χ0) is 14.2. The van der Waals surface area contributed by atoms with Crippen molar-refractivity contribution in [1.29, 1.82) is 0 Å².